The Bertz CT molecular complexity index is 820. The number of hydrogen-bond donors (Lipinski definition) is 1. The quantitative estimate of drug-likeness (QED) is 0.366. The molecule has 1 N–H and O–H groups in total. The molecule has 2 rings (SSSR count). The molecule has 1 atom stereocenters. The molecule has 0 bridgehead atoms. The van der Waals surface area contributed by atoms with Gasteiger partial charge in [-0.2, -0.15) is 0 Å². The number of halogens is 2. The van der Waals surface area contributed by atoms with Crippen LogP contribution in [0.15, 0.2) is 28.7 Å². The van der Waals surface area contributed by atoms with Crippen LogP contribution in [0.1, 0.15) is 13.8 Å². The smallest absolute Gasteiger partial charge is 0.272 e. The first-order valence-corrected chi connectivity index (χ1v) is 10.2. The summed E-state index contributed by atoms with van der Waals surface area (Å²) in [7, 11) is 0. The van der Waals surface area contributed by atoms with Crippen LogP contribution in [-0.2, 0) is 4.79 Å². The highest BCUT2D eigenvalue weighted by Crippen LogP contribution is 2.29. The Balaban J connectivity index is 2.29. The Labute approximate surface area is 167 Å². The van der Waals surface area contributed by atoms with Gasteiger partial charge in [-0.05, 0) is 70.8 Å². The van der Waals surface area contributed by atoms with Crippen LogP contribution in [0.2, 0.25) is 0 Å². The van der Waals surface area contributed by atoms with Crippen molar-refractivity contribution in [1.82, 2.24) is 10.3 Å². The Morgan fingerprint density at radius 1 is 1.54 bits per heavy atom. The van der Waals surface area contributed by atoms with Crippen molar-refractivity contribution in [3.63, 3.8) is 0 Å². The highest BCUT2D eigenvalue weighted by molar-refractivity contribution is 14.1. The molecule has 1 aromatic heterocycles. The summed E-state index contributed by atoms with van der Waals surface area (Å²) < 4.78 is 7.56. The van der Waals surface area contributed by atoms with Gasteiger partial charge in [-0.3, -0.25) is 4.79 Å². The molecular formula is C17H16BrIN2O2S. The van der Waals surface area contributed by atoms with Crippen LogP contribution in [0.3, 0.4) is 0 Å². The van der Waals surface area contributed by atoms with Crippen molar-refractivity contribution in [2.45, 2.75) is 24.8 Å². The number of amides is 1. The van der Waals surface area contributed by atoms with Crippen LogP contribution < -0.4 is 10.1 Å². The highest BCUT2D eigenvalue weighted by atomic mass is 127. The number of carbonyl (C=O) groups excluding carboxylic acids is 1. The summed E-state index contributed by atoms with van der Waals surface area (Å²) in [5.41, 5.74) is -0.683. The standard InChI is InChI=1S/C17H16BrIN2O2S/c1-5-17(2,3)21-14(22)16(24-4)23-15-12(19)9-10-7-6-8-11(18)13(10)20-15/h1,6-9,16H,2-4H3,(H,21,22). The number of terminal acetylenes is 1. The van der Waals surface area contributed by atoms with Crippen molar-refractivity contribution in [3.8, 4) is 18.2 Å². The first-order chi connectivity index (χ1) is 11.3. The maximum absolute atomic E-state index is 12.4. The van der Waals surface area contributed by atoms with E-state index in [0.29, 0.717) is 5.88 Å². The lowest BCUT2D eigenvalue weighted by Crippen LogP contribution is -2.47. The Morgan fingerprint density at radius 2 is 2.25 bits per heavy atom. The van der Waals surface area contributed by atoms with Crippen molar-refractivity contribution in [2.75, 3.05) is 6.26 Å². The van der Waals surface area contributed by atoms with Gasteiger partial charge in [-0.1, -0.05) is 18.1 Å². The van der Waals surface area contributed by atoms with E-state index in [1.807, 2.05) is 24.3 Å². The van der Waals surface area contributed by atoms with Crippen LogP contribution in [-0.4, -0.2) is 28.1 Å². The van der Waals surface area contributed by atoms with Crippen molar-refractivity contribution in [1.29, 1.82) is 0 Å². The monoisotopic (exact) mass is 518 g/mol. The number of thioether (sulfide) groups is 1. The molecule has 0 spiro atoms. The van der Waals surface area contributed by atoms with Gasteiger partial charge in [-0.15, -0.1) is 18.2 Å². The molecule has 0 saturated carbocycles. The SMILES string of the molecule is C#CC(C)(C)NC(=O)C(Oc1nc2c(Br)cccc2cc1I)SC. The molecule has 0 aliphatic heterocycles. The van der Waals surface area contributed by atoms with E-state index in [0.717, 1.165) is 18.9 Å². The molecule has 0 aliphatic rings. The van der Waals surface area contributed by atoms with Gasteiger partial charge in [-0.25, -0.2) is 4.98 Å². The fraction of sp³-hybridized carbons (Fsp3) is 0.294. The number of nitrogens with one attached hydrogen (secondary N) is 1. The van der Waals surface area contributed by atoms with Crippen molar-refractivity contribution >= 4 is 67.1 Å². The number of rotatable bonds is 5. The second kappa shape index (κ2) is 7.93. The lowest BCUT2D eigenvalue weighted by Gasteiger charge is -2.23. The number of aromatic nitrogens is 1. The summed E-state index contributed by atoms with van der Waals surface area (Å²) in [6.07, 6.45) is 7.22. The number of fused-ring (bicyclic) bond motifs is 1. The van der Waals surface area contributed by atoms with E-state index in [4.69, 9.17) is 11.2 Å². The summed E-state index contributed by atoms with van der Waals surface area (Å²) in [6, 6.07) is 7.82. The van der Waals surface area contributed by atoms with Crippen LogP contribution in [0.5, 0.6) is 5.88 Å². The molecule has 0 fully saturated rings. The Morgan fingerprint density at radius 3 is 2.88 bits per heavy atom. The molecule has 7 heteroatoms. The topological polar surface area (TPSA) is 51.2 Å². The van der Waals surface area contributed by atoms with Crippen LogP contribution >= 0.6 is 50.3 Å². The van der Waals surface area contributed by atoms with E-state index >= 15 is 0 Å². The third-order valence-corrected chi connectivity index (χ3v) is 5.31. The normalized spacial score (nSPS) is 12.5. The van der Waals surface area contributed by atoms with Gasteiger partial charge in [0.25, 0.3) is 5.91 Å². The predicted molar refractivity (Wildman–Crippen MR) is 111 cm³/mol. The average molecular weight is 519 g/mol. The maximum atomic E-state index is 12.4. The number of carbonyl (C=O) groups is 1. The van der Waals surface area contributed by atoms with E-state index in [-0.39, 0.29) is 5.91 Å². The van der Waals surface area contributed by atoms with Crippen LogP contribution in [0.25, 0.3) is 10.9 Å². The molecule has 2 aromatic rings. The maximum Gasteiger partial charge on any atom is 0.272 e. The minimum absolute atomic E-state index is 0.282. The van der Waals surface area contributed by atoms with E-state index < -0.39 is 11.0 Å². The average Bonchev–Trinajstić information content (AvgIpc) is 2.53. The van der Waals surface area contributed by atoms with Gasteiger partial charge < -0.3 is 10.1 Å². The van der Waals surface area contributed by atoms with Gasteiger partial charge in [0.05, 0.1) is 14.6 Å². The van der Waals surface area contributed by atoms with Crippen molar-refractivity contribution in [3.05, 3.63) is 32.3 Å². The zero-order valence-electron chi connectivity index (χ0n) is 13.4. The molecule has 1 amide bonds. The summed E-state index contributed by atoms with van der Waals surface area (Å²) in [5.74, 6) is 2.68. The van der Waals surface area contributed by atoms with Gasteiger partial charge in [0.1, 0.15) is 0 Å². The molecule has 1 unspecified atom stereocenters. The third kappa shape index (κ3) is 4.55. The van der Waals surface area contributed by atoms with Crippen molar-refractivity contribution < 1.29 is 9.53 Å². The van der Waals surface area contributed by atoms with E-state index in [1.165, 1.54) is 11.8 Å². The Hall–Kier alpha value is -0.980. The zero-order chi connectivity index (χ0) is 17.9. The molecule has 0 radical (unpaired) electrons. The summed E-state index contributed by atoms with van der Waals surface area (Å²) in [4.78, 5) is 17.0. The van der Waals surface area contributed by atoms with Gasteiger partial charge in [0.15, 0.2) is 0 Å². The minimum atomic E-state index is -0.737. The number of pyridine rings is 1. The van der Waals surface area contributed by atoms with Gasteiger partial charge >= 0.3 is 0 Å². The van der Waals surface area contributed by atoms with Gasteiger partial charge in [0.2, 0.25) is 11.3 Å². The van der Waals surface area contributed by atoms with E-state index in [2.05, 4.69) is 54.7 Å². The second-order valence-corrected chi connectivity index (χ2v) is 8.45. The Kier molecular flexibility index (Phi) is 6.39. The molecule has 1 heterocycles. The predicted octanol–water partition coefficient (Wildman–Crippen LogP) is 4.20. The lowest BCUT2D eigenvalue weighted by atomic mass is 10.1. The molecule has 0 saturated heterocycles. The summed E-state index contributed by atoms with van der Waals surface area (Å²) in [6.45, 7) is 3.52. The van der Waals surface area contributed by atoms with Crippen LogP contribution in [0, 0.1) is 15.9 Å². The van der Waals surface area contributed by atoms with Crippen LogP contribution in [0.4, 0.5) is 0 Å². The third-order valence-electron chi connectivity index (χ3n) is 3.16. The number of ether oxygens (including phenoxy) is 1. The number of benzene rings is 1. The van der Waals surface area contributed by atoms with Gasteiger partial charge in [0, 0.05) is 9.86 Å². The fourth-order valence-corrected chi connectivity index (χ4v) is 3.43. The highest BCUT2D eigenvalue weighted by Gasteiger charge is 2.26. The number of nitrogens with zero attached hydrogens (tertiary/aromatic N) is 1. The second-order valence-electron chi connectivity index (χ2n) is 5.53. The number of para-hydroxylation sites is 1. The summed E-state index contributed by atoms with van der Waals surface area (Å²) in [5, 5.41) is 3.78. The fourth-order valence-electron chi connectivity index (χ4n) is 1.92. The van der Waals surface area contributed by atoms with E-state index in [1.54, 1.807) is 20.1 Å². The van der Waals surface area contributed by atoms with E-state index in [9.17, 15) is 4.79 Å². The molecule has 1 aromatic carbocycles. The zero-order valence-corrected chi connectivity index (χ0v) is 18.0. The lowest BCUT2D eigenvalue weighted by molar-refractivity contribution is -0.125. The molecule has 4 nitrogen and oxygen atoms in total. The molecule has 24 heavy (non-hydrogen) atoms. The number of hydrogen-bond acceptors (Lipinski definition) is 4. The van der Waals surface area contributed by atoms with Crippen molar-refractivity contribution in [2.24, 2.45) is 0 Å². The first-order valence-electron chi connectivity index (χ1n) is 7.01. The minimum Gasteiger partial charge on any atom is -0.452 e. The summed E-state index contributed by atoms with van der Waals surface area (Å²) >= 11 is 6.93. The molecule has 126 valence electrons. The molecular weight excluding hydrogens is 503 g/mol. The molecule has 0 aliphatic carbocycles. The largest absolute Gasteiger partial charge is 0.452 e. The first kappa shape index (κ1) is 19.3.